The van der Waals surface area contributed by atoms with Gasteiger partial charge in [-0.15, -0.1) is 11.6 Å². The minimum atomic E-state index is -4.54. The fraction of sp³-hybridized carbons (Fsp3) is 0.154. The average Bonchev–Trinajstić information content (AvgIpc) is 2.37. The number of pyridine rings is 1. The second-order valence-corrected chi connectivity index (χ2v) is 4.49. The number of ether oxygens (including phenoxy) is 1. The van der Waals surface area contributed by atoms with Crippen LogP contribution >= 0.6 is 23.2 Å². The maximum atomic E-state index is 12.5. The Bertz CT molecular complexity index is 617. The van der Waals surface area contributed by atoms with Crippen molar-refractivity contribution in [1.29, 1.82) is 0 Å². The molecule has 2 rings (SSSR count). The first-order valence-corrected chi connectivity index (χ1v) is 6.38. The molecule has 2 aromatic rings. The summed E-state index contributed by atoms with van der Waals surface area (Å²) in [7, 11) is 0. The molecule has 0 saturated carbocycles. The second-order valence-electron chi connectivity index (χ2n) is 3.87. The third-order valence-electron chi connectivity index (χ3n) is 2.40. The van der Waals surface area contributed by atoms with E-state index < -0.39 is 16.9 Å². The van der Waals surface area contributed by atoms with Crippen molar-refractivity contribution in [2.45, 2.75) is 12.1 Å². The molecule has 0 N–H and O–H groups in total. The zero-order valence-corrected chi connectivity index (χ0v) is 11.4. The van der Waals surface area contributed by atoms with Crippen LogP contribution in [0.1, 0.15) is 11.1 Å². The van der Waals surface area contributed by atoms with Gasteiger partial charge >= 0.3 is 6.18 Å². The summed E-state index contributed by atoms with van der Waals surface area (Å²) in [5, 5.41) is -0.650. The molecule has 7 heteroatoms. The third kappa shape index (κ3) is 3.55. The number of hydrogen-bond donors (Lipinski definition) is 0. The Kier molecular flexibility index (Phi) is 4.40. The number of aromatic nitrogens is 1. The van der Waals surface area contributed by atoms with Gasteiger partial charge in [0.1, 0.15) is 10.9 Å². The Morgan fingerprint density at radius 2 is 1.90 bits per heavy atom. The van der Waals surface area contributed by atoms with Gasteiger partial charge < -0.3 is 4.74 Å². The molecule has 0 saturated heterocycles. The topological polar surface area (TPSA) is 22.1 Å². The summed E-state index contributed by atoms with van der Waals surface area (Å²) in [6.07, 6.45) is -4.54. The van der Waals surface area contributed by atoms with Crippen molar-refractivity contribution >= 4 is 23.2 Å². The number of nitrogens with zero attached hydrogens (tertiary/aromatic N) is 1. The van der Waals surface area contributed by atoms with Crippen molar-refractivity contribution in [2.24, 2.45) is 0 Å². The van der Waals surface area contributed by atoms with E-state index in [9.17, 15) is 13.2 Å². The summed E-state index contributed by atoms with van der Waals surface area (Å²) in [5.74, 6) is 0.708. The lowest BCUT2D eigenvalue weighted by Crippen LogP contribution is -2.07. The van der Waals surface area contributed by atoms with E-state index in [4.69, 9.17) is 27.9 Å². The highest BCUT2D eigenvalue weighted by atomic mass is 35.5. The van der Waals surface area contributed by atoms with E-state index >= 15 is 0 Å². The van der Waals surface area contributed by atoms with Gasteiger partial charge in [0.25, 0.3) is 0 Å². The molecule has 0 unspecified atom stereocenters. The predicted octanol–water partition coefficient (Wildman–Crippen LogP) is 5.28. The highest BCUT2D eigenvalue weighted by Crippen LogP contribution is 2.35. The maximum absolute atomic E-state index is 12.5. The summed E-state index contributed by atoms with van der Waals surface area (Å²) in [4.78, 5) is 3.58. The van der Waals surface area contributed by atoms with Crippen LogP contribution in [-0.4, -0.2) is 4.98 Å². The first-order chi connectivity index (χ1) is 9.40. The summed E-state index contributed by atoms with van der Waals surface area (Å²) in [5.41, 5.74) is -0.178. The van der Waals surface area contributed by atoms with Crippen LogP contribution in [-0.2, 0) is 12.1 Å². The molecule has 20 heavy (non-hydrogen) atoms. The van der Waals surface area contributed by atoms with Crippen molar-refractivity contribution in [3.05, 3.63) is 52.7 Å². The number of benzene rings is 1. The van der Waals surface area contributed by atoms with Crippen LogP contribution < -0.4 is 4.74 Å². The van der Waals surface area contributed by atoms with Gasteiger partial charge in [0.15, 0.2) is 0 Å². The minimum Gasteiger partial charge on any atom is -0.439 e. The summed E-state index contributed by atoms with van der Waals surface area (Å²) in [6.45, 7) is 0. The third-order valence-corrected chi connectivity index (χ3v) is 3.00. The van der Waals surface area contributed by atoms with Gasteiger partial charge in [0, 0.05) is 11.9 Å². The molecule has 0 atom stereocenters. The van der Waals surface area contributed by atoms with E-state index in [-0.39, 0.29) is 5.88 Å². The van der Waals surface area contributed by atoms with Crippen molar-refractivity contribution in [1.82, 2.24) is 4.98 Å². The summed E-state index contributed by atoms with van der Waals surface area (Å²) in [6, 6.07) is 8.77. The van der Waals surface area contributed by atoms with Gasteiger partial charge in [0.05, 0.1) is 5.56 Å². The second kappa shape index (κ2) is 5.89. The summed E-state index contributed by atoms with van der Waals surface area (Å²) >= 11 is 11.2. The van der Waals surface area contributed by atoms with Crippen LogP contribution in [0.15, 0.2) is 36.4 Å². The normalized spacial score (nSPS) is 11.4. The Balaban J connectivity index is 2.24. The standard InChI is InChI=1S/C13H8Cl2F3NO/c14-7-8-2-1-3-9(6-8)20-11-5-4-10(12(15)19-11)13(16,17)18/h1-6H,7H2. The molecule has 0 amide bonds. The van der Waals surface area contributed by atoms with Crippen LogP contribution in [0, 0.1) is 0 Å². The van der Waals surface area contributed by atoms with Crippen molar-refractivity contribution in [2.75, 3.05) is 0 Å². The predicted molar refractivity (Wildman–Crippen MR) is 70.3 cm³/mol. The molecule has 1 heterocycles. The SMILES string of the molecule is FC(F)(F)c1ccc(Oc2cccc(CCl)c2)nc1Cl. The molecule has 1 aromatic heterocycles. The molecule has 0 radical (unpaired) electrons. The van der Waals surface area contributed by atoms with Crippen molar-refractivity contribution in [3.8, 4) is 11.6 Å². The molecule has 0 aliphatic rings. The Morgan fingerprint density at radius 1 is 1.15 bits per heavy atom. The lowest BCUT2D eigenvalue weighted by molar-refractivity contribution is -0.137. The molecule has 0 aliphatic heterocycles. The van der Waals surface area contributed by atoms with Gasteiger partial charge in [0.2, 0.25) is 5.88 Å². The zero-order chi connectivity index (χ0) is 14.8. The fourth-order valence-corrected chi connectivity index (χ4v) is 1.92. The Hall–Kier alpha value is -1.46. The maximum Gasteiger partial charge on any atom is 0.419 e. The number of rotatable bonds is 3. The van der Waals surface area contributed by atoms with Crippen LogP contribution in [0.2, 0.25) is 5.15 Å². The molecule has 0 aliphatic carbocycles. The van der Waals surface area contributed by atoms with E-state index in [1.165, 1.54) is 0 Å². The first-order valence-electron chi connectivity index (χ1n) is 5.46. The fourth-order valence-electron chi connectivity index (χ4n) is 1.50. The van der Waals surface area contributed by atoms with Gasteiger partial charge in [-0.3, -0.25) is 0 Å². The van der Waals surface area contributed by atoms with Crippen molar-refractivity contribution in [3.63, 3.8) is 0 Å². The van der Waals surface area contributed by atoms with Crippen molar-refractivity contribution < 1.29 is 17.9 Å². The van der Waals surface area contributed by atoms with Gasteiger partial charge in [-0.1, -0.05) is 23.7 Å². The lowest BCUT2D eigenvalue weighted by Gasteiger charge is -2.10. The van der Waals surface area contributed by atoms with Gasteiger partial charge in [-0.05, 0) is 23.8 Å². The monoisotopic (exact) mass is 321 g/mol. The smallest absolute Gasteiger partial charge is 0.419 e. The van der Waals surface area contributed by atoms with E-state index in [0.717, 1.165) is 17.7 Å². The molecule has 0 bridgehead atoms. The molecule has 2 nitrogen and oxygen atoms in total. The largest absolute Gasteiger partial charge is 0.439 e. The van der Waals surface area contributed by atoms with Gasteiger partial charge in [-0.25, -0.2) is 4.98 Å². The van der Waals surface area contributed by atoms with E-state index in [2.05, 4.69) is 4.98 Å². The number of alkyl halides is 4. The molecule has 1 aromatic carbocycles. The zero-order valence-electron chi connectivity index (χ0n) is 9.92. The number of halogens is 5. The molecule has 0 spiro atoms. The van der Waals surface area contributed by atoms with E-state index in [1.807, 2.05) is 0 Å². The first kappa shape index (κ1) is 14.9. The highest BCUT2D eigenvalue weighted by Gasteiger charge is 2.34. The van der Waals surface area contributed by atoms with E-state index in [0.29, 0.717) is 11.6 Å². The highest BCUT2D eigenvalue weighted by molar-refractivity contribution is 6.30. The van der Waals surface area contributed by atoms with Crippen LogP contribution in [0.4, 0.5) is 13.2 Å². The number of hydrogen-bond acceptors (Lipinski definition) is 2. The van der Waals surface area contributed by atoms with Crippen LogP contribution in [0.25, 0.3) is 0 Å². The summed E-state index contributed by atoms with van der Waals surface area (Å²) < 4.78 is 42.9. The quantitative estimate of drug-likeness (QED) is 0.566. The van der Waals surface area contributed by atoms with Crippen LogP contribution in [0.5, 0.6) is 11.6 Å². The average molecular weight is 322 g/mol. The van der Waals surface area contributed by atoms with E-state index in [1.54, 1.807) is 24.3 Å². The lowest BCUT2D eigenvalue weighted by atomic mass is 10.2. The van der Waals surface area contributed by atoms with Crippen LogP contribution in [0.3, 0.4) is 0 Å². The Morgan fingerprint density at radius 3 is 2.50 bits per heavy atom. The minimum absolute atomic E-state index is 0.0188. The molecular weight excluding hydrogens is 314 g/mol. The molecule has 106 valence electrons. The van der Waals surface area contributed by atoms with Gasteiger partial charge in [-0.2, -0.15) is 13.2 Å². The molecule has 0 fully saturated rings. The Labute approximate surface area is 123 Å². The molecular formula is C13H8Cl2F3NO.